The van der Waals surface area contributed by atoms with Crippen molar-refractivity contribution < 1.29 is 14.6 Å². The van der Waals surface area contributed by atoms with Crippen LogP contribution in [0.25, 0.3) is 12.2 Å². The van der Waals surface area contributed by atoms with Gasteiger partial charge in [0.15, 0.2) is 0 Å². The van der Waals surface area contributed by atoms with Crippen molar-refractivity contribution in [1.29, 1.82) is 0 Å². The normalized spacial score (nSPS) is 18.0. The van der Waals surface area contributed by atoms with Gasteiger partial charge in [-0.2, -0.15) is 0 Å². The van der Waals surface area contributed by atoms with E-state index in [1.807, 2.05) is 36.4 Å². The van der Waals surface area contributed by atoms with Crippen molar-refractivity contribution in [2.45, 2.75) is 12.5 Å². The number of rotatable bonds is 3. The smallest absolute Gasteiger partial charge is 0.329 e. The second-order valence-electron chi connectivity index (χ2n) is 5.06. The summed E-state index contributed by atoms with van der Waals surface area (Å²) in [6.07, 6.45) is 4.58. The summed E-state index contributed by atoms with van der Waals surface area (Å²) in [5.41, 5.74) is 4.42. The van der Waals surface area contributed by atoms with Crippen LogP contribution >= 0.6 is 0 Å². The highest BCUT2D eigenvalue weighted by molar-refractivity contribution is 5.74. The highest BCUT2D eigenvalue weighted by Crippen LogP contribution is 2.30. The number of carbonyl (C=O) groups is 1. The zero-order valence-corrected chi connectivity index (χ0v) is 11.5. The SMILES string of the molecule is O=C(O)COC1Cc2ccccc2/C=C\c2ccccc21. The predicted octanol–water partition coefficient (Wildman–Crippen LogP) is 3.56. The largest absolute Gasteiger partial charge is 0.480 e. The molecule has 1 unspecified atom stereocenters. The molecular weight excluding hydrogens is 264 g/mol. The first-order chi connectivity index (χ1) is 10.2. The molecule has 0 radical (unpaired) electrons. The predicted molar refractivity (Wildman–Crippen MR) is 81.8 cm³/mol. The number of hydrogen-bond acceptors (Lipinski definition) is 2. The van der Waals surface area contributed by atoms with Crippen LogP contribution in [-0.2, 0) is 16.0 Å². The number of hydrogen-bond donors (Lipinski definition) is 1. The van der Waals surface area contributed by atoms with E-state index in [0.717, 1.165) is 16.7 Å². The number of carboxylic acid groups (broad SMARTS) is 1. The van der Waals surface area contributed by atoms with Crippen LogP contribution in [0.15, 0.2) is 48.5 Å². The first-order valence-electron chi connectivity index (χ1n) is 6.92. The molecule has 0 amide bonds. The molecule has 0 saturated heterocycles. The van der Waals surface area contributed by atoms with Gasteiger partial charge in [0.05, 0.1) is 6.10 Å². The molecule has 106 valence electrons. The number of carboxylic acids is 1. The second-order valence-corrected chi connectivity index (χ2v) is 5.06. The Morgan fingerprint density at radius 1 is 1.05 bits per heavy atom. The van der Waals surface area contributed by atoms with Gasteiger partial charge in [-0.15, -0.1) is 0 Å². The van der Waals surface area contributed by atoms with Crippen LogP contribution in [0.5, 0.6) is 0 Å². The maximum absolute atomic E-state index is 10.8. The van der Waals surface area contributed by atoms with Crippen molar-refractivity contribution in [3.63, 3.8) is 0 Å². The average molecular weight is 280 g/mol. The van der Waals surface area contributed by atoms with Crippen LogP contribution in [0.4, 0.5) is 0 Å². The highest BCUT2D eigenvalue weighted by atomic mass is 16.5. The van der Waals surface area contributed by atoms with Crippen molar-refractivity contribution in [2.75, 3.05) is 6.61 Å². The lowest BCUT2D eigenvalue weighted by molar-refractivity contribution is -0.144. The van der Waals surface area contributed by atoms with Gasteiger partial charge in [-0.1, -0.05) is 60.7 Å². The monoisotopic (exact) mass is 280 g/mol. The summed E-state index contributed by atoms with van der Waals surface area (Å²) >= 11 is 0. The fraction of sp³-hybridized carbons (Fsp3) is 0.167. The molecule has 21 heavy (non-hydrogen) atoms. The number of fused-ring (bicyclic) bond motifs is 2. The Bertz CT molecular complexity index is 688. The Labute approximate surface area is 123 Å². The average Bonchev–Trinajstić information content (AvgIpc) is 2.48. The maximum atomic E-state index is 10.8. The molecule has 2 aromatic carbocycles. The van der Waals surface area contributed by atoms with E-state index in [-0.39, 0.29) is 12.7 Å². The van der Waals surface area contributed by atoms with E-state index in [1.54, 1.807) is 0 Å². The van der Waals surface area contributed by atoms with Crippen molar-refractivity contribution >= 4 is 18.1 Å². The molecule has 1 aliphatic carbocycles. The fourth-order valence-electron chi connectivity index (χ4n) is 2.65. The van der Waals surface area contributed by atoms with Gasteiger partial charge in [0.2, 0.25) is 0 Å². The number of aliphatic carboxylic acids is 1. The Balaban J connectivity index is 2.03. The lowest BCUT2D eigenvalue weighted by Crippen LogP contribution is -2.16. The Morgan fingerprint density at radius 3 is 2.52 bits per heavy atom. The summed E-state index contributed by atoms with van der Waals surface area (Å²) in [4.78, 5) is 10.8. The minimum Gasteiger partial charge on any atom is -0.480 e. The summed E-state index contributed by atoms with van der Waals surface area (Å²) in [6.45, 7) is -0.287. The van der Waals surface area contributed by atoms with Gasteiger partial charge < -0.3 is 9.84 Å². The molecule has 0 saturated carbocycles. The lowest BCUT2D eigenvalue weighted by Gasteiger charge is -2.22. The van der Waals surface area contributed by atoms with Crippen LogP contribution in [-0.4, -0.2) is 17.7 Å². The van der Waals surface area contributed by atoms with Crippen LogP contribution < -0.4 is 0 Å². The zero-order valence-electron chi connectivity index (χ0n) is 11.5. The van der Waals surface area contributed by atoms with Gasteiger partial charge in [0.1, 0.15) is 6.61 Å². The molecule has 0 aromatic heterocycles. The molecular formula is C18H16O3. The molecule has 1 N–H and O–H groups in total. The third-order valence-electron chi connectivity index (χ3n) is 3.65. The van der Waals surface area contributed by atoms with Gasteiger partial charge in [-0.3, -0.25) is 0 Å². The van der Waals surface area contributed by atoms with E-state index in [9.17, 15) is 4.79 Å². The van der Waals surface area contributed by atoms with E-state index in [0.29, 0.717) is 6.42 Å². The van der Waals surface area contributed by atoms with Gasteiger partial charge in [0.25, 0.3) is 0 Å². The van der Waals surface area contributed by atoms with Gasteiger partial charge in [-0.05, 0) is 22.3 Å². The molecule has 3 heteroatoms. The summed E-state index contributed by atoms with van der Waals surface area (Å²) < 4.78 is 5.63. The van der Waals surface area contributed by atoms with Gasteiger partial charge >= 0.3 is 5.97 Å². The molecule has 1 aliphatic rings. The van der Waals surface area contributed by atoms with E-state index in [1.165, 1.54) is 5.56 Å². The Kier molecular flexibility index (Phi) is 3.84. The van der Waals surface area contributed by atoms with Crippen molar-refractivity contribution in [1.82, 2.24) is 0 Å². The summed E-state index contributed by atoms with van der Waals surface area (Å²) in [5.74, 6) is -0.946. The molecule has 0 aliphatic heterocycles. The van der Waals surface area contributed by atoms with Gasteiger partial charge in [0, 0.05) is 6.42 Å². The highest BCUT2D eigenvalue weighted by Gasteiger charge is 2.19. The minimum absolute atomic E-state index is 0.247. The standard InChI is InChI=1S/C18H16O3/c19-18(20)12-21-17-11-15-7-2-1-5-13(15)9-10-14-6-3-4-8-16(14)17/h1-10,17H,11-12H2,(H,19,20)/b10-9-. The Morgan fingerprint density at radius 2 is 1.71 bits per heavy atom. The van der Waals surface area contributed by atoms with Crippen LogP contribution in [0, 0.1) is 0 Å². The van der Waals surface area contributed by atoms with Gasteiger partial charge in [-0.25, -0.2) is 4.79 Å². The van der Waals surface area contributed by atoms with E-state index in [2.05, 4.69) is 24.3 Å². The minimum atomic E-state index is -0.946. The quantitative estimate of drug-likeness (QED) is 0.935. The Hall–Kier alpha value is -2.39. The first-order valence-corrected chi connectivity index (χ1v) is 6.92. The van der Waals surface area contributed by atoms with Crippen LogP contribution in [0.1, 0.15) is 28.4 Å². The number of benzene rings is 2. The van der Waals surface area contributed by atoms with Crippen molar-refractivity contribution in [3.05, 3.63) is 70.8 Å². The fourth-order valence-corrected chi connectivity index (χ4v) is 2.65. The maximum Gasteiger partial charge on any atom is 0.329 e. The molecule has 0 bridgehead atoms. The lowest BCUT2D eigenvalue weighted by atomic mass is 9.91. The molecule has 0 spiro atoms. The molecule has 3 nitrogen and oxygen atoms in total. The topological polar surface area (TPSA) is 46.5 Å². The molecule has 0 fully saturated rings. The van der Waals surface area contributed by atoms with E-state index < -0.39 is 5.97 Å². The van der Waals surface area contributed by atoms with Crippen molar-refractivity contribution in [2.24, 2.45) is 0 Å². The second kappa shape index (κ2) is 5.94. The molecule has 3 rings (SSSR count). The first kappa shape index (κ1) is 13.6. The zero-order chi connectivity index (χ0) is 14.7. The summed E-state index contributed by atoms with van der Waals surface area (Å²) in [6, 6.07) is 16.1. The molecule has 0 heterocycles. The third-order valence-corrected chi connectivity index (χ3v) is 3.65. The van der Waals surface area contributed by atoms with Crippen molar-refractivity contribution in [3.8, 4) is 0 Å². The van der Waals surface area contributed by atoms with E-state index >= 15 is 0 Å². The summed E-state index contributed by atoms with van der Waals surface area (Å²) in [7, 11) is 0. The van der Waals surface area contributed by atoms with Crippen LogP contribution in [0.3, 0.4) is 0 Å². The van der Waals surface area contributed by atoms with Crippen LogP contribution in [0.2, 0.25) is 0 Å². The molecule has 2 aromatic rings. The summed E-state index contributed by atoms with van der Waals surface area (Å²) in [5, 5.41) is 8.87. The number of ether oxygens (including phenoxy) is 1. The molecule has 1 atom stereocenters. The third kappa shape index (κ3) is 3.03. The van der Waals surface area contributed by atoms with E-state index in [4.69, 9.17) is 9.84 Å².